The van der Waals surface area contributed by atoms with Gasteiger partial charge in [-0.3, -0.25) is 4.79 Å². The van der Waals surface area contributed by atoms with Crippen LogP contribution in [0.15, 0.2) is 83.5 Å². The van der Waals surface area contributed by atoms with E-state index in [1.165, 1.54) is 0 Å². The number of carbonyl (C=O) groups excluding carboxylic acids is 1. The molecule has 0 heterocycles. The minimum Gasteiger partial charge on any atom is -0.872 e. The van der Waals surface area contributed by atoms with Crippen molar-refractivity contribution in [1.29, 1.82) is 0 Å². The highest BCUT2D eigenvalue weighted by molar-refractivity contribution is 6.04. The van der Waals surface area contributed by atoms with Gasteiger partial charge in [-0.15, -0.1) is 0 Å². The first-order chi connectivity index (χ1) is 12.1. The van der Waals surface area contributed by atoms with Crippen LogP contribution in [0.5, 0.6) is 0 Å². The summed E-state index contributed by atoms with van der Waals surface area (Å²) in [5.41, 5.74) is 1.50. The summed E-state index contributed by atoms with van der Waals surface area (Å²) >= 11 is 0. The summed E-state index contributed by atoms with van der Waals surface area (Å²) < 4.78 is 0. The first kappa shape index (κ1) is 16.6. The maximum absolute atomic E-state index is 12.6. The summed E-state index contributed by atoms with van der Waals surface area (Å²) in [5, 5.41) is 30.4. The molecule has 0 unspecified atom stereocenters. The zero-order valence-corrected chi connectivity index (χ0v) is 13.6. The van der Waals surface area contributed by atoms with E-state index in [9.17, 15) is 15.0 Å². The summed E-state index contributed by atoms with van der Waals surface area (Å²) in [6.45, 7) is 0. The highest BCUT2D eigenvalue weighted by Crippen LogP contribution is 2.28. The number of nitrogens with one attached hydrogen (secondary N) is 2. The zero-order chi connectivity index (χ0) is 17.6. The predicted octanol–water partition coefficient (Wildman–Crippen LogP) is 2.11. The molecular formula is C20H18N2O3-2. The molecule has 2 aromatic rings. The number of rotatable bonds is 4. The number of allylic oxidation sites excluding steroid dienone is 1. The van der Waals surface area contributed by atoms with Crippen LogP contribution >= 0.6 is 0 Å². The first-order valence-electron chi connectivity index (χ1n) is 8.14. The van der Waals surface area contributed by atoms with Crippen LogP contribution in [-0.2, 0) is 4.79 Å². The highest BCUT2D eigenvalue weighted by Gasteiger charge is 2.17. The second kappa shape index (κ2) is 7.57. The molecule has 1 aliphatic rings. The van der Waals surface area contributed by atoms with Crippen molar-refractivity contribution < 1.29 is 15.0 Å². The van der Waals surface area contributed by atoms with Crippen LogP contribution in [0, 0.1) is 0 Å². The Balaban J connectivity index is 1.83. The number of benzene rings is 2. The van der Waals surface area contributed by atoms with Gasteiger partial charge < -0.3 is 20.8 Å². The Morgan fingerprint density at radius 1 is 0.840 bits per heavy atom. The Hall–Kier alpha value is -3.21. The van der Waals surface area contributed by atoms with Crippen LogP contribution in [-0.4, -0.2) is 5.91 Å². The van der Waals surface area contributed by atoms with E-state index in [4.69, 9.17) is 0 Å². The summed E-state index contributed by atoms with van der Waals surface area (Å²) in [5.74, 6) is -1.35. The first-order valence-corrected chi connectivity index (χ1v) is 8.14. The van der Waals surface area contributed by atoms with E-state index >= 15 is 0 Å². The van der Waals surface area contributed by atoms with Gasteiger partial charge in [-0.05, 0) is 55.0 Å². The Morgan fingerprint density at radius 2 is 1.40 bits per heavy atom. The van der Waals surface area contributed by atoms with Gasteiger partial charge in [0.15, 0.2) is 0 Å². The number of para-hydroxylation sites is 2. The average molecular weight is 334 g/mol. The molecule has 0 aliphatic heterocycles. The largest absolute Gasteiger partial charge is 0.872 e. The Morgan fingerprint density at radius 3 is 2.00 bits per heavy atom. The van der Waals surface area contributed by atoms with E-state index in [1.807, 2.05) is 12.1 Å². The van der Waals surface area contributed by atoms with Gasteiger partial charge in [-0.1, -0.05) is 42.2 Å². The lowest BCUT2D eigenvalue weighted by molar-refractivity contribution is -0.316. The molecule has 0 saturated heterocycles. The highest BCUT2D eigenvalue weighted by atomic mass is 16.3. The Bertz CT molecular complexity index is 811. The van der Waals surface area contributed by atoms with Gasteiger partial charge in [0.2, 0.25) is 0 Å². The second-order valence-electron chi connectivity index (χ2n) is 5.78. The summed E-state index contributed by atoms with van der Waals surface area (Å²) in [6.07, 6.45) is 1.35. The molecule has 0 saturated carbocycles. The van der Waals surface area contributed by atoms with Gasteiger partial charge in [0.05, 0.1) is 0 Å². The van der Waals surface area contributed by atoms with Crippen molar-refractivity contribution in [2.75, 3.05) is 10.6 Å². The minimum atomic E-state index is -0.465. The smallest absolute Gasteiger partial charge is 0.250 e. The molecule has 5 nitrogen and oxygen atoms in total. The molecule has 0 fully saturated rings. The van der Waals surface area contributed by atoms with Crippen molar-refractivity contribution in [3.8, 4) is 0 Å². The Labute approximate surface area is 146 Å². The molecule has 5 heteroatoms. The molecule has 128 valence electrons. The van der Waals surface area contributed by atoms with Crippen molar-refractivity contribution in [2.24, 2.45) is 0 Å². The number of hydrogen-bond acceptors (Lipinski definition) is 4. The average Bonchev–Trinajstić information content (AvgIpc) is 2.63. The zero-order valence-electron chi connectivity index (χ0n) is 13.6. The molecule has 2 N–H and O–H groups in total. The molecule has 25 heavy (non-hydrogen) atoms. The third-order valence-corrected chi connectivity index (χ3v) is 4.01. The van der Waals surface area contributed by atoms with E-state index in [2.05, 4.69) is 10.6 Å². The standard InChI is InChI=1S/C20H20N2O3/c23-18-16(19(24)21-14-8-3-1-4-9-14)12-7-13-17(18)20(25)22-15-10-5-2-6-11-15/h1-6,8-11,21,23-24H,7,12-13H2,(H,22,25)/p-2/b19-16+. The quantitative estimate of drug-likeness (QED) is 0.838. The lowest BCUT2D eigenvalue weighted by atomic mass is 9.92. The van der Waals surface area contributed by atoms with Crippen LogP contribution in [0.1, 0.15) is 19.3 Å². The van der Waals surface area contributed by atoms with Crippen LogP contribution in [0.25, 0.3) is 0 Å². The van der Waals surface area contributed by atoms with E-state index in [0.717, 1.165) is 0 Å². The third kappa shape index (κ3) is 4.01. The topological polar surface area (TPSA) is 87.2 Å². The van der Waals surface area contributed by atoms with E-state index < -0.39 is 17.5 Å². The van der Waals surface area contributed by atoms with Crippen LogP contribution in [0.4, 0.5) is 11.4 Å². The molecule has 1 amide bonds. The van der Waals surface area contributed by atoms with Crippen LogP contribution in [0.3, 0.4) is 0 Å². The van der Waals surface area contributed by atoms with Crippen molar-refractivity contribution in [1.82, 2.24) is 0 Å². The van der Waals surface area contributed by atoms with E-state index in [0.29, 0.717) is 30.6 Å². The maximum Gasteiger partial charge on any atom is 0.250 e. The lowest BCUT2D eigenvalue weighted by Crippen LogP contribution is -2.28. The molecule has 1 aliphatic carbocycles. The van der Waals surface area contributed by atoms with Gasteiger partial charge >= 0.3 is 0 Å². The molecule has 0 spiro atoms. The molecule has 2 aromatic carbocycles. The van der Waals surface area contributed by atoms with Crippen molar-refractivity contribution in [3.05, 3.63) is 83.5 Å². The van der Waals surface area contributed by atoms with Crippen molar-refractivity contribution >= 4 is 17.3 Å². The lowest BCUT2D eigenvalue weighted by Gasteiger charge is -2.31. The monoisotopic (exact) mass is 334 g/mol. The number of carbonyl (C=O) groups is 1. The fraction of sp³-hybridized carbons (Fsp3) is 0.150. The number of anilines is 2. The fourth-order valence-corrected chi connectivity index (χ4v) is 2.74. The molecular weight excluding hydrogens is 316 g/mol. The number of hydrogen-bond donors (Lipinski definition) is 2. The summed E-state index contributed by atoms with van der Waals surface area (Å²) in [6, 6.07) is 17.9. The van der Waals surface area contributed by atoms with Crippen molar-refractivity contribution in [2.45, 2.75) is 19.3 Å². The predicted molar refractivity (Wildman–Crippen MR) is 93.0 cm³/mol. The van der Waals surface area contributed by atoms with Crippen LogP contribution < -0.4 is 20.8 Å². The molecule has 3 rings (SSSR count). The second-order valence-corrected chi connectivity index (χ2v) is 5.78. The van der Waals surface area contributed by atoms with E-state index in [-0.39, 0.29) is 11.1 Å². The molecule has 0 atom stereocenters. The van der Waals surface area contributed by atoms with Gasteiger partial charge in [-0.25, -0.2) is 0 Å². The Kier molecular flexibility index (Phi) is 5.04. The van der Waals surface area contributed by atoms with Crippen molar-refractivity contribution in [3.63, 3.8) is 0 Å². The van der Waals surface area contributed by atoms with Crippen LogP contribution in [0.2, 0.25) is 0 Å². The summed E-state index contributed by atoms with van der Waals surface area (Å²) in [4.78, 5) is 12.4. The van der Waals surface area contributed by atoms with Gasteiger partial charge in [-0.2, -0.15) is 0 Å². The molecule has 0 radical (unpaired) electrons. The third-order valence-electron chi connectivity index (χ3n) is 4.01. The van der Waals surface area contributed by atoms with Gasteiger partial charge in [0.1, 0.15) is 0 Å². The fourth-order valence-electron chi connectivity index (χ4n) is 2.74. The van der Waals surface area contributed by atoms with E-state index in [1.54, 1.807) is 48.5 Å². The maximum atomic E-state index is 12.6. The molecule has 0 aromatic heterocycles. The molecule has 0 bridgehead atoms. The number of amides is 1. The van der Waals surface area contributed by atoms with Gasteiger partial charge in [0, 0.05) is 16.9 Å². The van der Waals surface area contributed by atoms with Gasteiger partial charge in [0.25, 0.3) is 5.91 Å². The SMILES string of the molecule is O=C(Nc1ccccc1)C1=C([O-])/C(=C(/[O-])Nc2ccccc2)CCC1. The minimum absolute atomic E-state index is 0.133. The normalized spacial score (nSPS) is 16.3. The summed E-state index contributed by atoms with van der Waals surface area (Å²) in [7, 11) is 0.